The van der Waals surface area contributed by atoms with Crippen LogP contribution in [0.3, 0.4) is 0 Å². The molecule has 2 fully saturated rings. The van der Waals surface area contributed by atoms with E-state index >= 15 is 0 Å². The van der Waals surface area contributed by atoms with Gasteiger partial charge in [0.15, 0.2) is 0 Å². The Balaban J connectivity index is 1.60. The number of fused-ring (bicyclic) bond motifs is 2. The molecule has 0 saturated heterocycles. The van der Waals surface area contributed by atoms with Gasteiger partial charge in [-0.1, -0.05) is 25.0 Å². The lowest BCUT2D eigenvalue weighted by atomic mass is 9.82. The molecule has 3 aliphatic carbocycles. The number of hydrogen-bond donors (Lipinski definition) is 2. The molecule has 1 amide bonds. The van der Waals surface area contributed by atoms with Gasteiger partial charge in [-0.15, -0.1) is 0 Å². The third kappa shape index (κ3) is 2.04. The van der Waals surface area contributed by atoms with E-state index in [0.717, 1.165) is 18.8 Å². The third-order valence-corrected chi connectivity index (χ3v) is 4.60. The van der Waals surface area contributed by atoms with Gasteiger partial charge in [-0.2, -0.15) is 0 Å². The summed E-state index contributed by atoms with van der Waals surface area (Å²) in [4.78, 5) is 23.4. The molecule has 0 radical (unpaired) electrons. The number of carbonyl (C=O) groups is 2. The highest BCUT2D eigenvalue weighted by atomic mass is 16.4. The fraction of sp³-hybridized carbons (Fsp3) is 0.714. The van der Waals surface area contributed by atoms with Crippen LogP contribution in [-0.4, -0.2) is 23.5 Å². The van der Waals surface area contributed by atoms with Crippen LogP contribution in [0.25, 0.3) is 0 Å². The van der Waals surface area contributed by atoms with Crippen molar-refractivity contribution in [2.24, 2.45) is 29.6 Å². The van der Waals surface area contributed by atoms with Crippen LogP contribution in [0.15, 0.2) is 12.2 Å². The Labute approximate surface area is 106 Å². The first-order chi connectivity index (χ1) is 8.66. The van der Waals surface area contributed by atoms with Gasteiger partial charge >= 0.3 is 5.97 Å². The monoisotopic (exact) mass is 249 g/mol. The third-order valence-electron chi connectivity index (χ3n) is 4.60. The molecule has 2 bridgehead atoms. The summed E-state index contributed by atoms with van der Waals surface area (Å²) in [5.41, 5.74) is 0. The van der Waals surface area contributed by atoms with E-state index in [1.54, 1.807) is 0 Å². The predicted molar refractivity (Wildman–Crippen MR) is 65.7 cm³/mol. The van der Waals surface area contributed by atoms with Crippen molar-refractivity contribution in [3.8, 4) is 0 Å². The standard InChI is InChI=1S/C14H19NO3/c16-13(15-6-5-8-1-2-8)11-9-3-4-10(7-9)12(11)14(17)18/h3-4,8-12H,1-2,5-7H2,(H,15,16)(H,17,18). The molecule has 2 saturated carbocycles. The average molecular weight is 249 g/mol. The summed E-state index contributed by atoms with van der Waals surface area (Å²) in [7, 11) is 0. The first-order valence-corrected chi connectivity index (χ1v) is 6.85. The number of carboxylic acid groups (broad SMARTS) is 1. The number of carbonyl (C=O) groups excluding carboxylic acids is 1. The molecule has 4 atom stereocenters. The molecule has 0 aromatic heterocycles. The Kier molecular flexibility index (Phi) is 2.88. The van der Waals surface area contributed by atoms with E-state index in [9.17, 15) is 14.7 Å². The fourth-order valence-electron chi connectivity index (χ4n) is 3.44. The molecule has 0 heterocycles. The van der Waals surface area contributed by atoms with Gasteiger partial charge in [0, 0.05) is 6.54 Å². The number of hydrogen-bond acceptors (Lipinski definition) is 2. The molecule has 4 nitrogen and oxygen atoms in total. The highest BCUT2D eigenvalue weighted by Gasteiger charge is 2.51. The van der Waals surface area contributed by atoms with Crippen LogP contribution in [0, 0.1) is 29.6 Å². The van der Waals surface area contributed by atoms with Crippen molar-refractivity contribution >= 4 is 11.9 Å². The minimum Gasteiger partial charge on any atom is -0.481 e. The van der Waals surface area contributed by atoms with Crippen molar-refractivity contribution in [3.63, 3.8) is 0 Å². The van der Waals surface area contributed by atoms with E-state index < -0.39 is 11.9 Å². The summed E-state index contributed by atoms with van der Waals surface area (Å²) in [6.07, 6.45) is 8.43. The molecule has 2 N–H and O–H groups in total. The Morgan fingerprint density at radius 2 is 1.83 bits per heavy atom. The lowest BCUT2D eigenvalue weighted by Crippen LogP contribution is -2.40. The minimum atomic E-state index is -0.825. The zero-order valence-electron chi connectivity index (χ0n) is 10.3. The maximum atomic E-state index is 12.1. The summed E-state index contributed by atoms with van der Waals surface area (Å²) < 4.78 is 0. The second-order valence-electron chi connectivity index (χ2n) is 5.86. The normalized spacial score (nSPS) is 36.9. The Hall–Kier alpha value is -1.32. The van der Waals surface area contributed by atoms with Crippen LogP contribution in [0.5, 0.6) is 0 Å². The van der Waals surface area contributed by atoms with E-state index in [4.69, 9.17) is 0 Å². The second-order valence-corrected chi connectivity index (χ2v) is 5.86. The molecule has 0 aromatic rings. The van der Waals surface area contributed by atoms with E-state index in [-0.39, 0.29) is 23.7 Å². The van der Waals surface area contributed by atoms with Gasteiger partial charge in [-0.25, -0.2) is 0 Å². The zero-order chi connectivity index (χ0) is 12.7. The maximum absolute atomic E-state index is 12.1. The summed E-state index contributed by atoms with van der Waals surface area (Å²) in [5.74, 6) is -0.754. The number of allylic oxidation sites excluding steroid dienone is 2. The van der Waals surface area contributed by atoms with Crippen molar-refractivity contribution in [2.45, 2.75) is 25.7 Å². The van der Waals surface area contributed by atoms with E-state index in [1.165, 1.54) is 12.8 Å². The first-order valence-electron chi connectivity index (χ1n) is 6.85. The average Bonchev–Trinajstić information content (AvgIpc) is 2.93. The molecule has 4 heteroatoms. The van der Waals surface area contributed by atoms with Crippen molar-refractivity contribution in [1.29, 1.82) is 0 Å². The summed E-state index contributed by atoms with van der Waals surface area (Å²) in [5, 5.41) is 12.2. The summed E-state index contributed by atoms with van der Waals surface area (Å²) in [6.45, 7) is 0.702. The highest BCUT2D eigenvalue weighted by Crippen LogP contribution is 2.48. The predicted octanol–water partition coefficient (Wildman–Crippen LogP) is 1.43. The van der Waals surface area contributed by atoms with Crippen LogP contribution in [0.1, 0.15) is 25.7 Å². The molecule has 4 unspecified atom stereocenters. The van der Waals surface area contributed by atoms with Gasteiger partial charge < -0.3 is 10.4 Å². The van der Waals surface area contributed by atoms with Crippen LogP contribution < -0.4 is 5.32 Å². The Bertz CT molecular complexity index is 400. The Morgan fingerprint density at radius 1 is 1.17 bits per heavy atom. The van der Waals surface area contributed by atoms with Crippen LogP contribution in [-0.2, 0) is 9.59 Å². The molecule has 18 heavy (non-hydrogen) atoms. The molecule has 0 aliphatic heterocycles. The number of aliphatic carboxylic acids is 1. The number of carboxylic acids is 1. The van der Waals surface area contributed by atoms with Gasteiger partial charge in [0.2, 0.25) is 5.91 Å². The molecule has 3 rings (SSSR count). The lowest BCUT2D eigenvalue weighted by molar-refractivity contribution is -0.147. The zero-order valence-corrected chi connectivity index (χ0v) is 10.3. The molecule has 0 aromatic carbocycles. The number of amides is 1. The van der Waals surface area contributed by atoms with Gasteiger partial charge in [0.25, 0.3) is 0 Å². The van der Waals surface area contributed by atoms with E-state index in [2.05, 4.69) is 5.32 Å². The van der Waals surface area contributed by atoms with Crippen molar-refractivity contribution in [1.82, 2.24) is 5.32 Å². The molecular formula is C14H19NO3. The number of nitrogens with one attached hydrogen (secondary N) is 1. The lowest BCUT2D eigenvalue weighted by Gasteiger charge is -2.23. The summed E-state index contributed by atoms with van der Waals surface area (Å²) in [6, 6.07) is 0. The van der Waals surface area contributed by atoms with Crippen LogP contribution in [0.4, 0.5) is 0 Å². The van der Waals surface area contributed by atoms with Gasteiger partial charge in [0.1, 0.15) is 0 Å². The first kappa shape index (κ1) is 11.8. The van der Waals surface area contributed by atoms with Gasteiger partial charge in [0.05, 0.1) is 11.8 Å². The smallest absolute Gasteiger partial charge is 0.307 e. The molecule has 0 spiro atoms. The topological polar surface area (TPSA) is 66.4 Å². The quantitative estimate of drug-likeness (QED) is 0.724. The molecular weight excluding hydrogens is 230 g/mol. The summed E-state index contributed by atoms with van der Waals surface area (Å²) >= 11 is 0. The fourth-order valence-corrected chi connectivity index (χ4v) is 3.44. The highest BCUT2D eigenvalue weighted by molar-refractivity contribution is 5.86. The second kappa shape index (κ2) is 4.41. The Morgan fingerprint density at radius 3 is 2.44 bits per heavy atom. The SMILES string of the molecule is O=C(O)C1C2C=CC(C2)C1C(=O)NCCC1CC1. The largest absolute Gasteiger partial charge is 0.481 e. The molecule has 98 valence electrons. The van der Waals surface area contributed by atoms with Crippen molar-refractivity contribution in [2.75, 3.05) is 6.54 Å². The van der Waals surface area contributed by atoms with E-state index in [0.29, 0.717) is 6.54 Å². The maximum Gasteiger partial charge on any atom is 0.307 e. The van der Waals surface area contributed by atoms with Gasteiger partial charge in [-0.3, -0.25) is 9.59 Å². The van der Waals surface area contributed by atoms with Crippen LogP contribution >= 0.6 is 0 Å². The van der Waals surface area contributed by atoms with E-state index in [1.807, 2.05) is 12.2 Å². The molecule has 3 aliphatic rings. The van der Waals surface area contributed by atoms with Crippen LogP contribution in [0.2, 0.25) is 0 Å². The minimum absolute atomic E-state index is 0.0556. The number of rotatable bonds is 5. The van der Waals surface area contributed by atoms with Crippen molar-refractivity contribution in [3.05, 3.63) is 12.2 Å². The van der Waals surface area contributed by atoms with Crippen molar-refractivity contribution < 1.29 is 14.7 Å². The van der Waals surface area contributed by atoms with Gasteiger partial charge in [-0.05, 0) is 30.6 Å².